The van der Waals surface area contributed by atoms with Gasteiger partial charge in [0, 0.05) is 17.9 Å². The predicted octanol–water partition coefficient (Wildman–Crippen LogP) is 2.30. The first kappa shape index (κ1) is 11.1. The van der Waals surface area contributed by atoms with Crippen molar-refractivity contribution in [1.29, 1.82) is 0 Å². The number of aromatic nitrogens is 1. The van der Waals surface area contributed by atoms with E-state index in [9.17, 15) is 0 Å². The molecule has 0 saturated heterocycles. The number of nitrogens with two attached hydrogens (primary N) is 1. The van der Waals surface area contributed by atoms with Crippen LogP contribution in [0.4, 0.5) is 17.4 Å². The van der Waals surface area contributed by atoms with Gasteiger partial charge >= 0.3 is 0 Å². The summed E-state index contributed by atoms with van der Waals surface area (Å²) >= 11 is 0. The third kappa shape index (κ3) is 3.27. The Balaban J connectivity index is 2.01. The van der Waals surface area contributed by atoms with Crippen LogP contribution in [0.25, 0.3) is 0 Å². The van der Waals surface area contributed by atoms with Crippen LogP contribution in [0.2, 0.25) is 0 Å². The lowest BCUT2D eigenvalue weighted by molar-refractivity contribution is 0.578. The molecule has 88 valence electrons. The van der Waals surface area contributed by atoms with Crippen LogP contribution in [-0.2, 0) is 0 Å². The molecule has 17 heavy (non-hydrogen) atoms. The highest BCUT2D eigenvalue weighted by Gasteiger charge is 1.98. The van der Waals surface area contributed by atoms with Gasteiger partial charge in [0.1, 0.15) is 6.26 Å². The van der Waals surface area contributed by atoms with Crippen molar-refractivity contribution in [3.05, 3.63) is 49.0 Å². The molecule has 0 fully saturated rings. The number of hydrogen-bond acceptors (Lipinski definition) is 5. The van der Waals surface area contributed by atoms with E-state index in [4.69, 9.17) is 10.2 Å². The molecule has 0 aliphatic rings. The SMILES string of the molecule is NC=CCNc1cccc(Nc2ncco2)c1. The van der Waals surface area contributed by atoms with Gasteiger partial charge in [0.25, 0.3) is 6.01 Å². The summed E-state index contributed by atoms with van der Waals surface area (Å²) in [6.45, 7) is 0.693. The van der Waals surface area contributed by atoms with E-state index in [-0.39, 0.29) is 0 Å². The number of benzene rings is 1. The standard InChI is InChI=1S/C12H14N4O/c13-5-2-6-14-10-3-1-4-11(9-10)16-12-15-7-8-17-12/h1-5,7-9,14H,6,13H2,(H,15,16). The van der Waals surface area contributed by atoms with Crippen molar-refractivity contribution in [3.8, 4) is 0 Å². The van der Waals surface area contributed by atoms with Crippen molar-refractivity contribution < 1.29 is 4.42 Å². The molecule has 0 aliphatic heterocycles. The van der Waals surface area contributed by atoms with E-state index in [1.807, 2.05) is 30.3 Å². The zero-order valence-electron chi connectivity index (χ0n) is 9.26. The summed E-state index contributed by atoms with van der Waals surface area (Å²) in [4.78, 5) is 3.99. The van der Waals surface area contributed by atoms with Crippen LogP contribution in [0.1, 0.15) is 0 Å². The maximum atomic E-state index is 5.26. The maximum Gasteiger partial charge on any atom is 0.299 e. The zero-order valence-corrected chi connectivity index (χ0v) is 9.26. The first-order valence-corrected chi connectivity index (χ1v) is 5.25. The molecule has 0 unspecified atom stereocenters. The zero-order chi connectivity index (χ0) is 11.9. The van der Waals surface area contributed by atoms with Gasteiger partial charge in [0.05, 0.1) is 6.20 Å². The quantitative estimate of drug-likeness (QED) is 0.734. The molecule has 5 heteroatoms. The second-order valence-corrected chi connectivity index (χ2v) is 3.35. The Kier molecular flexibility index (Phi) is 3.64. The number of hydrogen-bond donors (Lipinski definition) is 3. The van der Waals surface area contributed by atoms with E-state index in [0.29, 0.717) is 12.6 Å². The molecule has 0 saturated carbocycles. The molecule has 2 aromatic rings. The average Bonchev–Trinajstić information content (AvgIpc) is 2.83. The van der Waals surface area contributed by atoms with Gasteiger partial charge in [-0.15, -0.1) is 0 Å². The van der Waals surface area contributed by atoms with E-state index >= 15 is 0 Å². The van der Waals surface area contributed by atoms with Gasteiger partial charge in [-0.1, -0.05) is 6.07 Å². The van der Waals surface area contributed by atoms with Crippen LogP contribution >= 0.6 is 0 Å². The molecule has 0 radical (unpaired) electrons. The molecular weight excluding hydrogens is 216 g/mol. The van der Waals surface area contributed by atoms with Crippen molar-refractivity contribution in [2.75, 3.05) is 17.2 Å². The molecular formula is C12H14N4O. The average molecular weight is 230 g/mol. The summed E-state index contributed by atoms with van der Waals surface area (Å²) in [5.41, 5.74) is 7.17. The number of nitrogens with one attached hydrogen (secondary N) is 2. The number of rotatable bonds is 5. The lowest BCUT2D eigenvalue weighted by Gasteiger charge is -2.06. The van der Waals surface area contributed by atoms with Crippen LogP contribution in [0, 0.1) is 0 Å². The molecule has 4 N–H and O–H groups in total. The Morgan fingerprint density at radius 2 is 2.24 bits per heavy atom. The van der Waals surface area contributed by atoms with Gasteiger partial charge in [-0.05, 0) is 30.5 Å². The van der Waals surface area contributed by atoms with E-state index in [0.717, 1.165) is 11.4 Å². The number of nitrogens with zero attached hydrogens (tertiary/aromatic N) is 1. The van der Waals surface area contributed by atoms with Crippen molar-refractivity contribution in [2.24, 2.45) is 5.73 Å². The van der Waals surface area contributed by atoms with Gasteiger partial charge in [-0.3, -0.25) is 0 Å². The third-order valence-electron chi connectivity index (χ3n) is 2.11. The minimum absolute atomic E-state index is 0.476. The van der Waals surface area contributed by atoms with Gasteiger partial charge in [-0.2, -0.15) is 0 Å². The highest BCUT2D eigenvalue weighted by atomic mass is 16.4. The third-order valence-corrected chi connectivity index (χ3v) is 2.11. The summed E-state index contributed by atoms with van der Waals surface area (Å²) < 4.78 is 5.11. The molecule has 5 nitrogen and oxygen atoms in total. The monoisotopic (exact) mass is 230 g/mol. The van der Waals surface area contributed by atoms with Crippen LogP contribution in [0.15, 0.2) is 53.4 Å². The molecule has 0 spiro atoms. The number of anilines is 3. The van der Waals surface area contributed by atoms with Crippen molar-refractivity contribution >= 4 is 17.4 Å². The summed E-state index contributed by atoms with van der Waals surface area (Å²) in [6, 6.07) is 8.30. The smallest absolute Gasteiger partial charge is 0.299 e. The Bertz CT molecular complexity index is 479. The van der Waals surface area contributed by atoms with Crippen molar-refractivity contribution in [3.63, 3.8) is 0 Å². The highest BCUT2D eigenvalue weighted by molar-refractivity contribution is 5.60. The van der Waals surface area contributed by atoms with Crippen LogP contribution < -0.4 is 16.4 Å². The molecule has 0 bridgehead atoms. The Hall–Kier alpha value is -2.43. The van der Waals surface area contributed by atoms with E-state index in [1.54, 1.807) is 6.20 Å². The first-order valence-electron chi connectivity index (χ1n) is 5.25. The van der Waals surface area contributed by atoms with E-state index in [2.05, 4.69) is 15.6 Å². The fraction of sp³-hybridized carbons (Fsp3) is 0.0833. The molecule has 1 aromatic carbocycles. The molecule has 0 atom stereocenters. The van der Waals surface area contributed by atoms with E-state index in [1.165, 1.54) is 12.5 Å². The summed E-state index contributed by atoms with van der Waals surface area (Å²) in [6.07, 6.45) is 6.48. The molecule has 2 rings (SSSR count). The second kappa shape index (κ2) is 5.60. The normalized spacial score (nSPS) is 10.6. The molecule has 0 aliphatic carbocycles. The Morgan fingerprint density at radius 3 is 3.00 bits per heavy atom. The fourth-order valence-corrected chi connectivity index (χ4v) is 1.36. The first-order chi connectivity index (χ1) is 8.38. The van der Waals surface area contributed by atoms with Gasteiger partial charge in [0.15, 0.2) is 0 Å². The van der Waals surface area contributed by atoms with Crippen molar-refractivity contribution in [2.45, 2.75) is 0 Å². The Morgan fingerprint density at radius 1 is 1.35 bits per heavy atom. The maximum absolute atomic E-state index is 5.26. The predicted molar refractivity (Wildman–Crippen MR) is 68.0 cm³/mol. The number of oxazole rings is 1. The van der Waals surface area contributed by atoms with Gasteiger partial charge in [-0.25, -0.2) is 4.98 Å². The molecule has 1 heterocycles. The largest absolute Gasteiger partial charge is 0.432 e. The minimum atomic E-state index is 0.476. The minimum Gasteiger partial charge on any atom is -0.432 e. The van der Waals surface area contributed by atoms with Crippen LogP contribution in [-0.4, -0.2) is 11.5 Å². The molecule has 1 aromatic heterocycles. The highest BCUT2D eigenvalue weighted by Crippen LogP contribution is 2.18. The van der Waals surface area contributed by atoms with Crippen molar-refractivity contribution in [1.82, 2.24) is 4.98 Å². The van der Waals surface area contributed by atoms with Gasteiger partial charge < -0.3 is 20.8 Å². The molecule has 0 amide bonds. The summed E-state index contributed by atoms with van der Waals surface area (Å²) in [5.74, 6) is 0. The topological polar surface area (TPSA) is 76.1 Å². The van der Waals surface area contributed by atoms with Crippen LogP contribution in [0.3, 0.4) is 0 Å². The van der Waals surface area contributed by atoms with Crippen LogP contribution in [0.5, 0.6) is 0 Å². The lowest BCUT2D eigenvalue weighted by atomic mass is 10.3. The fourth-order valence-electron chi connectivity index (χ4n) is 1.36. The summed E-state index contributed by atoms with van der Waals surface area (Å²) in [5, 5.41) is 6.26. The van der Waals surface area contributed by atoms with Gasteiger partial charge in [0.2, 0.25) is 0 Å². The Labute approximate surface area is 99.3 Å². The lowest BCUT2D eigenvalue weighted by Crippen LogP contribution is -1.99. The van der Waals surface area contributed by atoms with E-state index < -0.39 is 0 Å². The summed E-state index contributed by atoms with van der Waals surface area (Å²) in [7, 11) is 0. The second-order valence-electron chi connectivity index (χ2n) is 3.35.